The van der Waals surface area contributed by atoms with Crippen LogP contribution in [0.4, 0.5) is 0 Å². The molecule has 1 unspecified atom stereocenters. The van der Waals surface area contributed by atoms with Gasteiger partial charge in [0, 0.05) is 6.54 Å². The second-order valence-electron chi connectivity index (χ2n) is 5.30. The van der Waals surface area contributed by atoms with Crippen LogP contribution in [0.1, 0.15) is 26.7 Å². The van der Waals surface area contributed by atoms with Crippen LogP contribution in [0.5, 0.6) is 0 Å². The maximum atomic E-state index is 11.7. The molecule has 1 heterocycles. The lowest BCUT2D eigenvalue weighted by molar-refractivity contribution is -0.124. The van der Waals surface area contributed by atoms with Crippen molar-refractivity contribution < 1.29 is 4.79 Å². The first-order valence-electron chi connectivity index (χ1n) is 7.01. The van der Waals surface area contributed by atoms with Gasteiger partial charge < -0.3 is 15.6 Å². The van der Waals surface area contributed by atoms with Crippen LogP contribution in [0, 0.1) is 0 Å². The summed E-state index contributed by atoms with van der Waals surface area (Å²) in [4.78, 5) is 16.0. The van der Waals surface area contributed by atoms with Crippen molar-refractivity contribution in [3.05, 3.63) is 30.6 Å². The number of primary amides is 1. The van der Waals surface area contributed by atoms with E-state index in [1.165, 1.54) is 0 Å². The Bertz CT molecular complexity index is 592. The molecule has 0 fully saturated rings. The molecule has 5 heteroatoms. The number of hydrogen-bond acceptors (Lipinski definition) is 3. The van der Waals surface area contributed by atoms with Crippen LogP contribution in [0.15, 0.2) is 30.6 Å². The van der Waals surface area contributed by atoms with Gasteiger partial charge in [0.15, 0.2) is 0 Å². The fraction of sp³-hybridized carbons (Fsp3) is 0.467. The molecule has 0 aliphatic heterocycles. The van der Waals surface area contributed by atoms with Gasteiger partial charge in [0.25, 0.3) is 0 Å². The summed E-state index contributed by atoms with van der Waals surface area (Å²) in [7, 11) is 0. The number of hydrogen-bond donors (Lipinski definition) is 2. The van der Waals surface area contributed by atoms with E-state index >= 15 is 0 Å². The van der Waals surface area contributed by atoms with Crippen molar-refractivity contribution in [2.45, 2.75) is 38.8 Å². The molecule has 1 amide bonds. The second kappa shape index (κ2) is 6.05. The number of nitrogens with two attached hydrogens (primary N) is 1. The number of carbonyl (C=O) groups excluding carboxylic acids is 1. The zero-order valence-corrected chi connectivity index (χ0v) is 12.1. The molecule has 0 bridgehead atoms. The van der Waals surface area contributed by atoms with Gasteiger partial charge in [0.05, 0.1) is 22.9 Å². The van der Waals surface area contributed by atoms with E-state index in [4.69, 9.17) is 5.73 Å². The van der Waals surface area contributed by atoms with E-state index in [1.807, 2.05) is 37.5 Å². The number of nitrogens with one attached hydrogen (secondary N) is 1. The number of para-hydroxylation sites is 2. The van der Waals surface area contributed by atoms with Crippen molar-refractivity contribution in [3.8, 4) is 0 Å². The Morgan fingerprint density at radius 3 is 2.90 bits per heavy atom. The molecule has 0 aliphatic carbocycles. The Balaban J connectivity index is 2.11. The predicted molar refractivity (Wildman–Crippen MR) is 80.2 cm³/mol. The van der Waals surface area contributed by atoms with Gasteiger partial charge in [-0.3, -0.25) is 4.79 Å². The molecule has 1 atom stereocenters. The molecule has 5 nitrogen and oxygen atoms in total. The zero-order chi connectivity index (χ0) is 14.6. The minimum Gasteiger partial charge on any atom is -0.368 e. The molecular weight excluding hydrogens is 252 g/mol. The Morgan fingerprint density at radius 2 is 2.20 bits per heavy atom. The molecule has 0 aliphatic rings. The molecule has 0 spiro atoms. The average molecular weight is 274 g/mol. The summed E-state index contributed by atoms with van der Waals surface area (Å²) < 4.78 is 2.06. The molecule has 2 rings (SSSR count). The van der Waals surface area contributed by atoms with Crippen LogP contribution in [-0.2, 0) is 11.3 Å². The van der Waals surface area contributed by atoms with Crippen molar-refractivity contribution in [1.29, 1.82) is 0 Å². The molecule has 2 aromatic rings. The molecule has 0 radical (unpaired) electrons. The third kappa shape index (κ3) is 2.99. The molecule has 3 N–H and O–H groups in total. The highest BCUT2D eigenvalue weighted by atomic mass is 16.1. The van der Waals surface area contributed by atoms with Gasteiger partial charge in [0.1, 0.15) is 0 Å². The standard InChI is InChI=1S/C15H22N4O/c1-3-9-18-15(2,14(16)20)8-10-19-11-17-12-6-4-5-7-13(12)19/h4-7,11,18H,3,8-10H2,1-2H3,(H2,16,20). The normalized spacial score (nSPS) is 14.3. The van der Waals surface area contributed by atoms with Crippen LogP contribution in [0.2, 0.25) is 0 Å². The summed E-state index contributed by atoms with van der Waals surface area (Å²) >= 11 is 0. The Morgan fingerprint density at radius 1 is 1.45 bits per heavy atom. The van der Waals surface area contributed by atoms with Crippen LogP contribution >= 0.6 is 0 Å². The molecular formula is C15H22N4O. The number of nitrogens with zero attached hydrogens (tertiary/aromatic N) is 2. The van der Waals surface area contributed by atoms with E-state index in [-0.39, 0.29) is 5.91 Å². The first-order chi connectivity index (χ1) is 9.57. The fourth-order valence-electron chi connectivity index (χ4n) is 2.23. The SMILES string of the molecule is CCCNC(C)(CCn1cnc2ccccc21)C(N)=O. The van der Waals surface area contributed by atoms with Crippen LogP contribution < -0.4 is 11.1 Å². The van der Waals surface area contributed by atoms with E-state index in [0.29, 0.717) is 13.0 Å². The Hall–Kier alpha value is -1.88. The number of imidazole rings is 1. The summed E-state index contributed by atoms with van der Waals surface area (Å²) in [6.07, 6.45) is 3.42. The number of fused-ring (bicyclic) bond motifs is 1. The minimum atomic E-state index is -0.679. The number of aryl methyl sites for hydroxylation is 1. The maximum absolute atomic E-state index is 11.7. The Labute approximate surface area is 119 Å². The number of rotatable bonds is 7. The highest BCUT2D eigenvalue weighted by Crippen LogP contribution is 2.16. The van der Waals surface area contributed by atoms with Gasteiger partial charge in [-0.2, -0.15) is 0 Å². The van der Waals surface area contributed by atoms with Crippen LogP contribution in [0.25, 0.3) is 11.0 Å². The Kier molecular flexibility index (Phi) is 4.39. The monoisotopic (exact) mass is 274 g/mol. The molecule has 108 valence electrons. The van der Waals surface area contributed by atoms with E-state index < -0.39 is 5.54 Å². The number of benzene rings is 1. The number of aromatic nitrogens is 2. The van der Waals surface area contributed by atoms with Gasteiger partial charge in [-0.05, 0) is 38.4 Å². The van der Waals surface area contributed by atoms with Crippen LogP contribution in [-0.4, -0.2) is 27.5 Å². The lowest BCUT2D eigenvalue weighted by atomic mass is 9.96. The lowest BCUT2D eigenvalue weighted by Crippen LogP contribution is -2.53. The average Bonchev–Trinajstić information content (AvgIpc) is 2.86. The van der Waals surface area contributed by atoms with Gasteiger partial charge in [-0.15, -0.1) is 0 Å². The zero-order valence-electron chi connectivity index (χ0n) is 12.1. The number of amides is 1. The first-order valence-corrected chi connectivity index (χ1v) is 7.01. The lowest BCUT2D eigenvalue weighted by Gasteiger charge is -2.27. The molecule has 1 aromatic carbocycles. The van der Waals surface area contributed by atoms with Gasteiger partial charge in [-0.25, -0.2) is 4.98 Å². The quantitative estimate of drug-likeness (QED) is 0.806. The van der Waals surface area contributed by atoms with E-state index in [0.717, 1.165) is 24.0 Å². The van der Waals surface area contributed by atoms with E-state index in [9.17, 15) is 4.79 Å². The smallest absolute Gasteiger partial charge is 0.237 e. The van der Waals surface area contributed by atoms with Gasteiger partial charge in [-0.1, -0.05) is 19.1 Å². The molecule has 0 saturated heterocycles. The van der Waals surface area contributed by atoms with Gasteiger partial charge >= 0.3 is 0 Å². The first kappa shape index (κ1) is 14.5. The topological polar surface area (TPSA) is 72.9 Å². The fourth-order valence-corrected chi connectivity index (χ4v) is 2.23. The van der Waals surface area contributed by atoms with Crippen molar-refractivity contribution in [3.63, 3.8) is 0 Å². The van der Waals surface area contributed by atoms with Crippen LogP contribution in [0.3, 0.4) is 0 Å². The van der Waals surface area contributed by atoms with Gasteiger partial charge in [0.2, 0.25) is 5.91 Å². The van der Waals surface area contributed by atoms with E-state index in [2.05, 4.69) is 21.8 Å². The van der Waals surface area contributed by atoms with Crippen molar-refractivity contribution in [1.82, 2.24) is 14.9 Å². The molecule has 20 heavy (non-hydrogen) atoms. The molecule has 0 saturated carbocycles. The number of carbonyl (C=O) groups is 1. The highest BCUT2D eigenvalue weighted by molar-refractivity contribution is 5.84. The van der Waals surface area contributed by atoms with Crippen molar-refractivity contribution in [2.75, 3.05) is 6.54 Å². The minimum absolute atomic E-state index is 0.310. The van der Waals surface area contributed by atoms with Crippen molar-refractivity contribution in [2.24, 2.45) is 5.73 Å². The summed E-state index contributed by atoms with van der Waals surface area (Å²) in [5.74, 6) is -0.310. The predicted octanol–water partition coefficient (Wildman–Crippen LogP) is 1.67. The maximum Gasteiger partial charge on any atom is 0.237 e. The summed E-state index contributed by atoms with van der Waals surface area (Å²) in [6, 6.07) is 7.97. The summed E-state index contributed by atoms with van der Waals surface area (Å²) in [5.41, 5.74) is 6.90. The van der Waals surface area contributed by atoms with Crippen molar-refractivity contribution >= 4 is 16.9 Å². The largest absolute Gasteiger partial charge is 0.368 e. The molecule has 1 aromatic heterocycles. The summed E-state index contributed by atoms with van der Waals surface area (Å²) in [6.45, 7) is 5.42. The van der Waals surface area contributed by atoms with E-state index in [1.54, 1.807) is 0 Å². The highest BCUT2D eigenvalue weighted by Gasteiger charge is 2.29. The second-order valence-corrected chi connectivity index (χ2v) is 5.30. The third-order valence-corrected chi connectivity index (χ3v) is 3.69. The summed E-state index contributed by atoms with van der Waals surface area (Å²) in [5, 5.41) is 3.25. The third-order valence-electron chi connectivity index (χ3n) is 3.69.